The molecule has 224 valence electrons. The Morgan fingerprint density at radius 2 is 1.81 bits per heavy atom. The molecule has 1 atom stereocenters. The molecule has 0 spiro atoms. The first kappa shape index (κ1) is 27.2. The van der Waals surface area contributed by atoms with Gasteiger partial charge >= 0.3 is 0 Å². The van der Waals surface area contributed by atoms with Gasteiger partial charge in [0, 0.05) is 74.0 Å². The standard InChI is InChI=1S/C36H41N3O4/c1-41-30(42-2)21-37-36(40)23-13-11-22(12-14-23)31-28-19-24-7-3-15-38-17-5-9-26(32(24)38)34(28)43-35-27-10-6-18-39-16-4-8-25(33(27)39)20-29(31)35/h11-14,19,25,30H,3-10,15-18,20-21H2,1-2H3/p+1. The van der Waals surface area contributed by atoms with Crippen LogP contribution in [0.1, 0.15) is 77.6 Å². The summed E-state index contributed by atoms with van der Waals surface area (Å²) in [5.74, 6) is 2.66. The van der Waals surface area contributed by atoms with Crippen LogP contribution in [0.2, 0.25) is 0 Å². The van der Waals surface area contributed by atoms with Crippen molar-refractivity contribution < 1.29 is 23.6 Å². The molecule has 0 saturated heterocycles. The van der Waals surface area contributed by atoms with E-state index in [-0.39, 0.29) is 5.91 Å². The lowest BCUT2D eigenvalue weighted by atomic mass is 9.72. The van der Waals surface area contributed by atoms with E-state index in [4.69, 9.17) is 14.2 Å². The molecule has 8 rings (SSSR count). The summed E-state index contributed by atoms with van der Waals surface area (Å²) in [5.41, 5.74) is 13.1. The highest BCUT2D eigenvalue weighted by Crippen LogP contribution is 2.53. The molecule has 5 aliphatic heterocycles. The second kappa shape index (κ2) is 10.9. The van der Waals surface area contributed by atoms with Crippen LogP contribution in [0, 0.1) is 5.92 Å². The van der Waals surface area contributed by atoms with Gasteiger partial charge in [-0.1, -0.05) is 12.1 Å². The summed E-state index contributed by atoms with van der Waals surface area (Å²) in [4.78, 5) is 15.6. The van der Waals surface area contributed by atoms with E-state index in [9.17, 15) is 4.79 Å². The monoisotopic (exact) mass is 580 g/mol. The summed E-state index contributed by atoms with van der Waals surface area (Å²) >= 11 is 0. The van der Waals surface area contributed by atoms with Gasteiger partial charge in [0.05, 0.1) is 12.1 Å². The molecule has 1 unspecified atom stereocenters. The number of carbonyl (C=O) groups excluding carboxylic acids is 1. The molecule has 0 aromatic heterocycles. The van der Waals surface area contributed by atoms with Gasteiger partial charge in [0.15, 0.2) is 12.0 Å². The minimum atomic E-state index is -0.466. The first-order valence-electron chi connectivity index (χ1n) is 16.3. The second-order valence-corrected chi connectivity index (χ2v) is 12.9. The fourth-order valence-corrected chi connectivity index (χ4v) is 8.63. The average molecular weight is 581 g/mol. The smallest absolute Gasteiger partial charge is 0.251 e. The maximum atomic E-state index is 13.0. The minimum absolute atomic E-state index is 0.126. The van der Waals surface area contributed by atoms with Crippen molar-refractivity contribution in [2.75, 3.05) is 51.8 Å². The molecule has 7 heteroatoms. The van der Waals surface area contributed by atoms with Crippen molar-refractivity contribution in [1.82, 2.24) is 5.32 Å². The molecule has 6 aliphatic rings. The lowest BCUT2D eigenvalue weighted by molar-refractivity contribution is -0.538. The largest absolute Gasteiger partial charge is 0.455 e. The van der Waals surface area contributed by atoms with Gasteiger partial charge in [-0.25, -0.2) is 4.58 Å². The van der Waals surface area contributed by atoms with E-state index >= 15 is 0 Å². The number of nitrogens with zero attached hydrogens (tertiary/aromatic N) is 2. The van der Waals surface area contributed by atoms with E-state index < -0.39 is 6.29 Å². The molecule has 0 fully saturated rings. The van der Waals surface area contributed by atoms with Gasteiger partial charge in [-0.05, 0) is 79.8 Å². The van der Waals surface area contributed by atoms with Crippen molar-refractivity contribution >= 4 is 22.9 Å². The lowest BCUT2D eigenvalue weighted by Crippen LogP contribution is -2.42. The molecule has 0 radical (unpaired) electrons. The van der Waals surface area contributed by atoms with Gasteiger partial charge < -0.3 is 24.4 Å². The molecular weight excluding hydrogens is 538 g/mol. The highest BCUT2D eigenvalue weighted by molar-refractivity contribution is 6.04. The number of ether oxygens (including phenoxy) is 3. The van der Waals surface area contributed by atoms with Crippen LogP contribution in [0.3, 0.4) is 0 Å². The zero-order valence-corrected chi connectivity index (χ0v) is 25.5. The fraction of sp³-hybridized carbons (Fsp3) is 0.500. The van der Waals surface area contributed by atoms with Gasteiger partial charge in [0.25, 0.3) is 5.91 Å². The number of amides is 1. The number of fused-ring (bicyclic) bond motifs is 3. The number of benzene rings is 2. The van der Waals surface area contributed by atoms with Crippen molar-refractivity contribution in [2.45, 2.75) is 64.1 Å². The highest BCUT2D eigenvalue weighted by atomic mass is 16.7. The topological polar surface area (TPSA) is 63.0 Å². The molecular formula is C36H42N3O4+. The van der Waals surface area contributed by atoms with Crippen molar-refractivity contribution in [1.29, 1.82) is 0 Å². The predicted octanol–water partition coefficient (Wildman–Crippen LogP) is 5.24. The summed E-state index contributed by atoms with van der Waals surface area (Å²) in [7, 11) is 3.15. The van der Waals surface area contributed by atoms with Crippen LogP contribution in [-0.4, -0.2) is 69.4 Å². The van der Waals surface area contributed by atoms with Crippen molar-refractivity contribution in [3.8, 4) is 5.75 Å². The Hall–Kier alpha value is -3.42. The molecule has 1 N–H and O–H groups in total. The van der Waals surface area contributed by atoms with E-state index in [1.807, 2.05) is 12.1 Å². The Morgan fingerprint density at radius 1 is 1.02 bits per heavy atom. The molecule has 1 aliphatic carbocycles. The van der Waals surface area contributed by atoms with Crippen LogP contribution >= 0.6 is 0 Å². The number of hydrogen-bond donors (Lipinski definition) is 1. The maximum absolute atomic E-state index is 13.0. The number of allylic oxidation sites excluding steroid dienone is 2. The van der Waals surface area contributed by atoms with E-state index in [0.717, 1.165) is 50.3 Å². The van der Waals surface area contributed by atoms with Crippen molar-refractivity contribution in [3.63, 3.8) is 0 Å². The third-order valence-electron chi connectivity index (χ3n) is 10.5. The van der Waals surface area contributed by atoms with Gasteiger partial charge in [-0.3, -0.25) is 4.79 Å². The zero-order chi connectivity index (χ0) is 29.1. The number of methoxy groups -OCH3 is 2. The molecule has 43 heavy (non-hydrogen) atoms. The van der Waals surface area contributed by atoms with Crippen LogP contribution in [-0.2, 0) is 22.3 Å². The third-order valence-corrected chi connectivity index (χ3v) is 10.5. The van der Waals surface area contributed by atoms with Crippen LogP contribution in [0.5, 0.6) is 5.75 Å². The Labute approximate surface area is 254 Å². The van der Waals surface area contributed by atoms with Crippen LogP contribution in [0.25, 0.3) is 5.57 Å². The predicted molar refractivity (Wildman–Crippen MR) is 167 cm³/mol. The van der Waals surface area contributed by atoms with E-state index in [2.05, 4.69) is 33.0 Å². The summed E-state index contributed by atoms with van der Waals surface area (Å²) in [6, 6.07) is 10.7. The van der Waals surface area contributed by atoms with Crippen LogP contribution < -0.4 is 15.0 Å². The summed E-state index contributed by atoms with van der Waals surface area (Å²) in [6.07, 6.45) is 9.94. The molecule has 2 aromatic carbocycles. The van der Waals surface area contributed by atoms with Crippen molar-refractivity contribution in [2.24, 2.45) is 5.92 Å². The maximum Gasteiger partial charge on any atom is 0.251 e. The fourth-order valence-electron chi connectivity index (χ4n) is 8.63. The SMILES string of the molecule is COC(CNC(=O)c1ccc(C2=C3CC4CCC[N+]5=C4C(=C3Oc3c2cc2c4c3CCCN4CCC2)CCC5)cc1)OC. The number of nitrogens with one attached hydrogen (secondary N) is 1. The Kier molecular flexibility index (Phi) is 6.91. The van der Waals surface area contributed by atoms with Gasteiger partial charge in [-0.15, -0.1) is 0 Å². The molecule has 2 aromatic rings. The lowest BCUT2D eigenvalue weighted by Gasteiger charge is -2.42. The Morgan fingerprint density at radius 3 is 2.63 bits per heavy atom. The quantitative estimate of drug-likeness (QED) is 0.374. The normalized spacial score (nSPS) is 22.1. The summed E-state index contributed by atoms with van der Waals surface area (Å²) in [5, 5.41) is 2.94. The van der Waals surface area contributed by atoms with E-state index in [1.54, 1.807) is 19.9 Å². The van der Waals surface area contributed by atoms with Crippen LogP contribution in [0.15, 0.2) is 47.2 Å². The number of rotatable bonds is 6. The number of aryl methyl sites for hydroxylation is 1. The molecule has 5 heterocycles. The molecule has 0 bridgehead atoms. The van der Waals surface area contributed by atoms with Gasteiger partial charge in [0.2, 0.25) is 0 Å². The first-order chi connectivity index (χ1) is 21.1. The second-order valence-electron chi connectivity index (χ2n) is 12.9. The molecule has 1 amide bonds. The van der Waals surface area contributed by atoms with Gasteiger partial charge in [0.1, 0.15) is 24.6 Å². The third kappa shape index (κ3) is 4.46. The number of anilines is 1. The Balaban J connectivity index is 1.27. The van der Waals surface area contributed by atoms with Gasteiger partial charge in [-0.2, -0.15) is 0 Å². The number of carbonyl (C=O) groups is 1. The number of hydrogen-bond acceptors (Lipinski definition) is 5. The minimum Gasteiger partial charge on any atom is -0.455 e. The summed E-state index contributed by atoms with van der Waals surface area (Å²) < 4.78 is 20.3. The molecule has 7 nitrogen and oxygen atoms in total. The van der Waals surface area contributed by atoms with E-state index in [1.165, 1.54) is 89.9 Å². The highest BCUT2D eigenvalue weighted by Gasteiger charge is 2.45. The summed E-state index contributed by atoms with van der Waals surface area (Å²) in [6.45, 7) is 4.95. The van der Waals surface area contributed by atoms with E-state index in [0.29, 0.717) is 18.0 Å². The average Bonchev–Trinajstić information content (AvgIpc) is 3.05. The van der Waals surface area contributed by atoms with Crippen molar-refractivity contribution in [3.05, 3.63) is 75.1 Å². The zero-order valence-electron chi connectivity index (χ0n) is 25.5. The first-order valence-corrected chi connectivity index (χ1v) is 16.3. The molecule has 0 saturated carbocycles. The Bertz CT molecular complexity index is 1570. The van der Waals surface area contributed by atoms with Crippen LogP contribution in [0.4, 0.5) is 5.69 Å².